The van der Waals surface area contributed by atoms with Crippen LogP contribution in [0.1, 0.15) is 119 Å². The van der Waals surface area contributed by atoms with E-state index < -0.39 is 5.60 Å². The van der Waals surface area contributed by atoms with E-state index in [0.29, 0.717) is 17.6 Å². The van der Waals surface area contributed by atoms with Crippen LogP contribution in [0.3, 0.4) is 0 Å². The Kier molecular flexibility index (Phi) is 10.2. The van der Waals surface area contributed by atoms with Crippen molar-refractivity contribution in [2.24, 2.45) is 10.9 Å². The van der Waals surface area contributed by atoms with Crippen molar-refractivity contribution >= 4 is 28.4 Å². The molecule has 5 heterocycles. The maximum absolute atomic E-state index is 11.9. The Labute approximate surface area is 358 Å². The van der Waals surface area contributed by atoms with Crippen LogP contribution in [-0.2, 0) is 6.42 Å². The van der Waals surface area contributed by atoms with Gasteiger partial charge in [-0.2, -0.15) is 0 Å². The number of thiophene rings is 1. The van der Waals surface area contributed by atoms with Crippen LogP contribution in [0.5, 0.6) is 5.75 Å². The number of phenolic OH excluding ortho intramolecular Hbond substituents is 1. The summed E-state index contributed by atoms with van der Waals surface area (Å²) in [5.74, 6) is 3.31. The van der Waals surface area contributed by atoms with Crippen molar-refractivity contribution in [2.75, 3.05) is 36.0 Å². The first-order valence-corrected chi connectivity index (χ1v) is 22.8. The lowest BCUT2D eigenvalue weighted by atomic mass is 9.69. The predicted molar refractivity (Wildman–Crippen MR) is 244 cm³/mol. The average Bonchev–Trinajstić information content (AvgIpc) is 3.76. The number of phenols is 1. The number of rotatable bonds is 7. The van der Waals surface area contributed by atoms with Crippen LogP contribution in [-0.4, -0.2) is 62.5 Å². The van der Waals surface area contributed by atoms with E-state index in [9.17, 15) is 10.2 Å². The number of hydrogen-bond donors (Lipinski definition) is 2. The molecule has 4 aliphatic rings. The van der Waals surface area contributed by atoms with Gasteiger partial charge in [0.2, 0.25) is 0 Å². The van der Waals surface area contributed by atoms with E-state index in [-0.39, 0.29) is 12.0 Å². The molecule has 2 N–H and O–H groups in total. The molecule has 0 amide bonds. The van der Waals surface area contributed by atoms with Gasteiger partial charge in [-0.1, -0.05) is 60.7 Å². The summed E-state index contributed by atoms with van der Waals surface area (Å²) < 4.78 is 2.20. The molecule has 0 spiro atoms. The van der Waals surface area contributed by atoms with E-state index in [0.717, 1.165) is 94.0 Å². The molecule has 2 fully saturated rings. The molecular formula is C51H56N6O2S. The Balaban J connectivity index is 0.760. The van der Waals surface area contributed by atoms with Crippen LogP contribution in [0, 0.1) is 26.7 Å². The molecule has 1 aliphatic carbocycles. The van der Waals surface area contributed by atoms with E-state index >= 15 is 0 Å². The number of piperidine rings is 2. The van der Waals surface area contributed by atoms with Gasteiger partial charge < -0.3 is 20.0 Å². The zero-order chi connectivity index (χ0) is 41.1. The number of benzene rings is 4. The van der Waals surface area contributed by atoms with Crippen LogP contribution < -0.4 is 9.80 Å². The van der Waals surface area contributed by atoms with Crippen molar-refractivity contribution in [1.29, 1.82) is 0 Å². The van der Waals surface area contributed by atoms with E-state index in [2.05, 4.69) is 130 Å². The van der Waals surface area contributed by atoms with Crippen molar-refractivity contribution in [2.45, 2.75) is 96.1 Å². The average molecular weight is 817 g/mol. The van der Waals surface area contributed by atoms with Crippen LogP contribution in [0.4, 0.5) is 11.4 Å². The number of aromatic nitrogens is 3. The first-order chi connectivity index (χ1) is 29.1. The minimum Gasteiger partial charge on any atom is -0.508 e. The van der Waals surface area contributed by atoms with Crippen LogP contribution in [0.25, 0.3) is 5.00 Å². The molecule has 4 aromatic carbocycles. The van der Waals surface area contributed by atoms with Gasteiger partial charge in [-0.25, -0.2) is 0 Å². The molecule has 0 bridgehead atoms. The number of aryl methyl sites for hydroxylation is 3. The number of aliphatic imine (C=N–C) groups is 1. The van der Waals surface area contributed by atoms with Crippen molar-refractivity contribution in [3.63, 3.8) is 0 Å². The van der Waals surface area contributed by atoms with Crippen molar-refractivity contribution in [3.05, 3.63) is 153 Å². The summed E-state index contributed by atoms with van der Waals surface area (Å²) in [6, 6.07) is 35.0. The molecule has 10 rings (SSSR count). The molecule has 60 heavy (non-hydrogen) atoms. The maximum atomic E-state index is 11.9. The molecule has 8 nitrogen and oxygen atoms in total. The van der Waals surface area contributed by atoms with Crippen LogP contribution in [0.15, 0.2) is 102 Å². The van der Waals surface area contributed by atoms with Gasteiger partial charge in [0.25, 0.3) is 0 Å². The van der Waals surface area contributed by atoms with Crippen LogP contribution in [0.2, 0.25) is 0 Å². The topological polar surface area (TPSA) is 90.0 Å². The van der Waals surface area contributed by atoms with Gasteiger partial charge in [-0.05, 0) is 149 Å². The molecule has 0 radical (unpaired) electrons. The first kappa shape index (κ1) is 38.9. The van der Waals surface area contributed by atoms with Gasteiger partial charge in [0, 0.05) is 59.5 Å². The third-order valence-corrected chi connectivity index (χ3v) is 15.5. The fraction of sp³-hybridized carbons (Fsp3) is 0.392. The normalized spacial score (nSPS) is 21.5. The van der Waals surface area contributed by atoms with Gasteiger partial charge in [-0.3, -0.25) is 9.56 Å². The fourth-order valence-corrected chi connectivity index (χ4v) is 12.0. The molecule has 9 heteroatoms. The second kappa shape index (κ2) is 15.7. The smallest absolute Gasteiger partial charge is 0.162 e. The second-order valence-corrected chi connectivity index (χ2v) is 19.2. The summed E-state index contributed by atoms with van der Waals surface area (Å²) in [7, 11) is 0. The molecule has 2 saturated heterocycles. The summed E-state index contributed by atoms with van der Waals surface area (Å²) in [6.45, 7) is 12.3. The molecule has 3 atom stereocenters. The lowest BCUT2D eigenvalue weighted by Gasteiger charge is -2.43. The number of aliphatic hydroxyl groups is 1. The van der Waals surface area contributed by atoms with Gasteiger partial charge in [0.05, 0.1) is 11.3 Å². The molecular weight excluding hydrogens is 761 g/mol. The van der Waals surface area contributed by atoms with E-state index in [1.807, 2.05) is 19.1 Å². The molecule has 2 aromatic heterocycles. The van der Waals surface area contributed by atoms with Gasteiger partial charge in [0.15, 0.2) is 5.82 Å². The second-order valence-electron chi connectivity index (χ2n) is 18.0. The van der Waals surface area contributed by atoms with Crippen LogP contribution >= 0.6 is 11.3 Å². The highest BCUT2D eigenvalue weighted by molar-refractivity contribution is 7.15. The summed E-state index contributed by atoms with van der Waals surface area (Å²) in [5.41, 5.74) is 11.8. The Morgan fingerprint density at radius 3 is 2.17 bits per heavy atom. The maximum Gasteiger partial charge on any atom is 0.162 e. The number of hydrogen-bond acceptors (Lipinski definition) is 8. The van der Waals surface area contributed by atoms with Crippen molar-refractivity contribution in [3.8, 4) is 10.8 Å². The minimum atomic E-state index is -0.607. The fourth-order valence-electron chi connectivity index (χ4n) is 10.8. The van der Waals surface area contributed by atoms with Gasteiger partial charge in [0.1, 0.15) is 22.6 Å². The number of aromatic hydroxyl groups is 1. The summed E-state index contributed by atoms with van der Waals surface area (Å²) in [6.07, 6.45) is 6.72. The molecule has 308 valence electrons. The summed E-state index contributed by atoms with van der Waals surface area (Å²) in [5, 5.41) is 32.2. The first-order valence-electron chi connectivity index (χ1n) is 22.0. The summed E-state index contributed by atoms with van der Waals surface area (Å²) in [4.78, 5) is 11.5. The third kappa shape index (κ3) is 7.13. The highest BCUT2D eigenvalue weighted by Crippen LogP contribution is 2.47. The SMILES string of the molecule is Cc1sc2c(c1C)C(c1ccc(N3CCC(CC4(O)CCN(c5ccc([C@@H]6c7ccc(O)cc7CC[C@@H]6c6ccccc6)cc5)CC4)CC3)cc1)=N[C@@H](C)c1nnc(C)n1-2. The van der Waals surface area contributed by atoms with E-state index in [1.54, 1.807) is 11.3 Å². The molecule has 0 saturated carbocycles. The Bertz CT molecular complexity index is 2530. The number of fused-ring (bicyclic) bond motifs is 4. The zero-order valence-electron chi connectivity index (χ0n) is 35.3. The number of nitrogens with zero attached hydrogens (tertiary/aromatic N) is 6. The monoisotopic (exact) mass is 816 g/mol. The third-order valence-electron chi connectivity index (χ3n) is 14.3. The Hall–Kier alpha value is -5.25. The Morgan fingerprint density at radius 1 is 0.767 bits per heavy atom. The van der Waals surface area contributed by atoms with E-state index in [4.69, 9.17) is 4.99 Å². The minimum absolute atomic E-state index is 0.0926. The highest BCUT2D eigenvalue weighted by atomic mass is 32.1. The lowest BCUT2D eigenvalue weighted by Crippen LogP contribution is -2.46. The van der Waals surface area contributed by atoms with Crippen molar-refractivity contribution in [1.82, 2.24) is 14.8 Å². The lowest BCUT2D eigenvalue weighted by molar-refractivity contribution is -0.00951. The van der Waals surface area contributed by atoms with E-state index in [1.165, 1.54) is 54.6 Å². The summed E-state index contributed by atoms with van der Waals surface area (Å²) >= 11 is 1.80. The molecule has 3 aliphatic heterocycles. The molecule has 0 unspecified atom stereocenters. The highest BCUT2D eigenvalue weighted by Gasteiger charge is 2.37. The quantitative estimate of drug-likeness (QED) is 0.167. The number of anilines is 2. The van der Waals surface area contributed by atoms with Crippen molar-refractivity contribution < 1.29 is 10.2 Å². The zero-order valence-corrected chi connectivity index (χ0v) is 36.1. The molecule has 6 aromatic rings. The van der Waals surface area contributed by atoms with Gasteiger partial charge in [-0.15, -0.1) is 21.5 Å². The Morgan fingerprint density at radius 2 is 1.45 bits per heavy atom. The largest absolute Gasteiger partial charge is 0.508 e. The van der Waals surface area contributed by atoms with Gasteiger partial charge >= 0.3 is 0 Å². The standard InChI is InChI=1S/C51H56N6O2S/c1-32-34(3)60-50-46(32)48(52-33(2)49-54-53-35(4)57(49)50)39-12-17-41(18-13-39)55-26-22-36(23-27-55)31-51(59)24-28-56(29-25-51)42-15-10-38(11-16-42)47-44(37-8-6-5-7-9-37)20-14-40-30-43(58)19-21-45(40)47/h5-13,15-19,21,30,33,36,44,47,58-59H,14,20,22-29,31H2,1-4H3/t33-,44+,47-/m0/s1. The predicted octanol–water partition coefficient (Wildman–Crippen LogP) is 10.4.